The largest absolute Gasteiger partial charge is 0.519 e. The molecule has 2 N–H and O–H groups in total. The molecule has 1 aliphatic carbocycles. The lowest BCUT2D eigenvalue weighted by atomic mass is 10.1. The van der Waals surface area contributed by atoms with Crippen molar-refractivity contribution in [2.24, 2.45) is 0 Å². The van der Waals surface area contributed by atoms with Crippen LogP contribution in [0.2, 0.25) is 0 Å². The summed E-state index contributed by atoms with van der Waals surface area (Å²) >= 11 is 1.74. The Morgan fingerprint density at radius 3 is 2.57 bits per heavy atom. The van der Waals surface area contributed by atoms with Crippen LogP contribution in [-0.2, 0) is 27.5 Å². The third kappa shape index (κ3) is 9.51. The van der Waals surface area contributed by atoms with Gasteiger partial charge in [0.15, 0.2) is 5.76 Å². The van der Waals surface area contributed by atoms with E-state index in [0.717, 1.165) is 50.5 Å². The Kier molecular flexibility index (Phi) is 11.4. The second-order valence-electron chi connectivity index (χ2n) is 11.2. The molecule has 3 unspecified atom stereocenters. The summed E-state index contributed by atoms with van der Waals surface area (Å²) in [5.74, 6) is -0.694. The lowest BCUT2D eigenvalue weighted by Crippen LogP contribution is -2.47. The molecule has 230 valence electrons. The first-order valence-corrected chi connectivity index (χ1v) is 15.1. The maximum absolute atomic E-state index is 13.1. The van der Waals surface area contributed by atoms with Gasteiger partial charge in [0.25, 0.3) is 0 Å². The monoisotopic (exact) mass is 605 g/mol. The van der Waals surface area contributed by atoms with E-state index in [2.05, 4.69) is 19.8 Å². The molecule has 3 atom stereocenters. The number of amides is 2. The fourth-order valence-corrected chi connectivity index (χ4v) is 6.34. The van der Waals surface area contributed by atoms with Gasteiger partial charge in [-0.3, -0.25) is 19.4 Å². The number of hydrogen-bond acceptors (Lipinski definition) is 10. The number of aryl methyl sites for hydroxylation is 1. The van der Waals surface area contributed by atoms with Crippen molar-refractivity contribution in [2.45, 2.75) is 75.5 Å². The van der Waals surface area contributed by atoms with E-state index in [0.29, 0.717) is 29.9 Å². The summed E-state index contributed by atoms with van der Waals surface area (Å²) in [6.07, 6.45) is 5.51. The summed E-state index contributed by atoms with van der Waals surface area (Å²) in [4.78, 5) is 52.5. The number of hydrogen-bond donors (Lipinski definition) is 2. The number of rotatable bonds is 16. The lowest BCUT2D eigenvalue weighted by molar-refractivity contribution is -0.125. The molecule has 1 aliphatic heterocycles. The molecular weight excluding hydrogens is 565 g/mol. The highest BCUT2D eigenvalue weighted by Gasteiger charge is 2.35. The summed E-state index contributed by atoms with van der Waals surface area (Å²) in [6.45, 7) is 3.32. The number of nitrogens with zero attached hydrogens (tertiary/aromatic N) is 3. The minimum atomic E-state index is -0.779. The summed E-state index contributed by atoms with van der Waals surface area (Å²) in [7, 11) is 3.69. The molecule has 1 saturated carbocycles. The van der Waals surface area contributed by atoms with Gasteiger partial charge >= 0.3 is 5.82 Å². The maximum atomic E-state index is 13.1. The van der Waals surface area contributed by atoms with Crippen molar-refractivity contribution in [3.8, 4) is 0 Å². The van der Waals surface area contributed by atoms with Gasteiger partial charge < -0.3 is 24.3 Å². The second-order valence-corrected chi connectivity index (χ2v) is 12.5. The van der Waals surface area contributed by atoms with Gasteiger partial charge in [-0.05, 0) is 70.8 Å². The van der Waals surface area contributed by atoms with Gasteiger partial charge in [-0.25, -0.2) is 13.5 Å². The van der Waals surface area contributed by atoms with Crippen LogP contribution in [0, 0.1) is 12.7 Å². The van der Waals surface area contributed by atoms with Crippen molar-refractivity contribution < 1.29 is 27.6 Å². The highest BCUT2D eigenvalue weighted by Crippen LogP contribution is 2.37. The molecule has 1 aromatic carbocycles. The van der Waals surface area contributed by atoms with E-state index in [1.807, 2.05) is 7.05 Å². The van der Waals surface area contributed by atoms with Crippen LogP contribution in [0.15, 0.2) is 37.9 Å². The molecule has 0 bridgehead atoms. The van der Waals surface area contributed by atoms with Gasteiger partial charge in [0.2, 0.25) is 11.8 Å². The van der Waals surface area contributed by atoms with Crippen molar-refractivity contribution >= 4 is 30.0 Å². The topological polar surface area (TPSA) is 128 Å². The summed E-state index contributed by atoms with van der Waals surface area (Å²) in [5, 5.41) is 6.31. The zero-order valence-corrected chi connectivity index (χ0v) is 25.2. The predicted octanol–water partition coefficient (Wildman–Crippen LogP) is 2.08. The third-order valence-corrected chi connectivity index (χ3v) is 9.03. The van der Waals surface area contributed by atoms with Crippen molar-refractivity contribution in [1.82, 2.24) is 24.7 Å². The lowest BCUT2D eigenvalue weighted by Gasteiger charge is -2.29. The molecule has 2 aromatic rings. The Morgan fingerprint density at radius 2 is 1.93 bits per heavy atom. The van der Waals surface area contributed by atoms with Crippen LogP contribution in [0.3, 0.4) is 0 Å². The van der Waals surface area contributed by atoms with E-state index in [1.165, 1.54) is 12.1 Å². The molecule has 2 fully saturated rings. The zero-order valence-electron chi connectivity index (χ0n) is 24.3. The highest BCUT2D eigenvalue weighted by molar-refractivity contribution is 7.97. The zero-order chi connectivity index (χ0) is 30.2. The fraction of sp³-hybridized carbons (Fsp3) is 0.586. The SMILES string of the molecule is Cc1oc(=O)oc1CN(C)CC(=O)NC(C=O)CN(CCC1CCC(C(=O)NCc2ccc(F)cc2)N1C)SC1CC1. The minimum absolute atomic E-state index is 0.0198. The molecule has 1 saturated heterocycles. The summed E-state index contributed by atoms with van der Waals surface area (Å²) < 4.78 is 25.2. The first-order chi connectivity index (χ1) is 20.1. The maximum Gasteiger partial charge on any atom is 0.519 e. The average Bonchev–Trinajstić information content (AvgIpc) is 3.60. The van der Waals surface area contributed by atoms with Crippen LogP contribution < -0.4 is 16.5 Å². The van der Waals surface area contributed by atoms with E-state index >= 15 is 0 Å². The van der Waals surface area contributed by atoms with E-state index < -0.39 is 11.9 Å². The molecule has 4 rings (SSSR count). The molecule has 2 amide bonds. The van der Waals surface area contributed by atoms with Gasteiger partial charge in [0.05, 0.1) is 25.2 Å². The van der Waals surface area contributed by atoms with Crippen LogP contribution >= 0.6 is 11.9 Å². The molecule has 2 heterocycles. The van der Waals surface area contributed by atoms with E-state index in [4.69, 9.17) is 8.83 Å². The number of halogens is 1. The van der Waals surface area contributed by atoms with Crippen LogP contribution in [0.5, 0.6) is 0 Å². The van der Waals surface area contributed by atoms with Gasteiger partial charge in [-0.2, -0.15) is 0 Å². The number of likely N-dealkylation sites (tertiary alicyclic amines) is 1. The number of carbonyl (C=O) groups excluding carboxylic acids is 3. The molecule has 0 spiro atoms. The van der Waals surface area contributed by atoms with Crippen molar-refractivity contribution in [3.05, 3.63) is 57.8 Å². The third-order valence-electron chi connectivity index (χ3n) is 7.63. The van der Waals surface area contributed by atoms with Crippen molar-refractivity contribution in [2.75, 3.05) is 33.7 Å². The number of benzene rings is 1. The number of likely N-dealkylation sites (N-methyl/N-ethyl adjacent to an activating group) is 2. The summed E-state index contributed by atoms with van der Waals surface area (Å²) in [6, 6.07) is 5.43. The number of aldehydes is 1. The highest BCUT2D eigenvalue weighted by atomic mass is 32.2. The number of carbonyl (C=O) groups is 3. The van der Waals surface area contributed by atoms with E-state index in [1.54, 1.807) is 43.0 Å². The Morgan fingerprint density at radius 1 is 1.19 bits per heavy atom. The fourth-order valence-electron chi connectivity index (χ4n) is 5.11. The Hall–Kier alpha value is -3.00. The molecule has 11 nitrogen and oxygen atoms in total. The minimum Gasteiger partial charge on any atom is -0.396 e. The van der Waals surface area contributed by atoms with Crippen LogP contribution in [0.4, 0.5) is 4.39 Å². The van der Waals surface area contributed by atoms with Gasteiger partial charge in [0.1, 0.15) is 17.9 Å². The summed E-state index contributed by atoms with van der Waals surface area (Å²) in [5.41, 5.74) is 0.847. The second kappa shape index (κ2) is 14.9. The van der Waals surface area contributed by atoms with Gasteiger partial charge in [0, 0.05) is 30.9 Å². The van der Waals surface area contributed by atoms with Crippen molar-refractivity contribution in [1.29, 1.82) is 0 Å². The van der Waals surface area contributed by atoms with Crippen LogP contribution in [0.25, 0.3) is 0 Å². The normalized spacial score (nSPS) is 19.8. The molecular formula is C29H40FN5O6S. The van der Waals surface area contributed by atoms with Crippen LogP contribution in [-0.4, -0.2) is 89.3 Å². The Balaban J connectivity index is 1.23. The molecule has 2 aliphatic rings. The quantitative estimate of drug-likeness (QED) is 0.217. The first kappa shape index (κ1) is 31.9. The Labute approximate surface area is 249 Å². The van der Waals surface area contributed by atoms with Crippen LogP contribution in [0.1, 0.15) is 49.2 Å². The van der Waals surface area contributed by atoms with Gasteiger partial charge in [-0.1, -0.05) is 24.1 Å². The van der Waals surface area contributed by atoms with E-state index in [9.17, 15) is 23.6 Å². The van der Waals surface area contributed by atoms with Crippen molar-refractivity contribution in [3.63, 3.8) is 0 Å². The standard InChI is InChI=1S/C29H40FN5O6S/c1-19-26(41-29(39)40-19)16-33(2)17-27(37)32-22(18-36)15-35(42-24-9-10-24)13-12-23-8-11-25(34(23)3)28(38)31-14-20-4-6-21(30)7-5-20/h4-7,18,22-25H,8-17H2,1-3H3,(H,31,38)(H,32,37). The molecule has 13 heteroatoms. The average molecular weight is 606 g/mol. The molecule has 0 radical (unpaired) electrons. The predicted molar refractivity (Wildman–Crippen MR) is 156 cm³/mol. The molecule has 1 aromatic heterocycles. The smallest absolute Gasteiger partial charge is 0.396 e. The Bertz CT molecular complexity index is 1270. The number of nitrogens with one attached hydrogen (secondary N) is 2. The molecule has 42 heavy (non-hydrogen) atoms. The first-order valence-electron chi connectivity index (χ1n) is 14.3. The van der Waals surface area contributed by atoms with Gasteiger partial charge in [-0.15, -0.1) is 0 Å². The van der Waals surface area contributed by atoms with E-state index in [-0.39, 0.29) is 42.8 Å².